The Kier molecular flexibility index (Phi) is 7.21. The van der Waals surface area contributed by atoms with E-state index in [1.165, 1.54) is 6.92 Å². The molecule has 2 rings (SSSR count). The van der Waals surface area contributed by atoms with Crippen LogP contribution in [0.5, 0.6) is 0 Å². The van der Waals surface area contributed by atoms with Crippen LogP contribution in [-0.4, -0.2) is 33.4 Å². The Morgan fingerprint density at radius 1 is 1.20 bits per heavy atom. The summed E-state index contributed by atoms with van der Waals surface area (Å²) in [5, 5.41) is 9.04. The van der Waals surface area contributed by atoms with Crippen LogP contribution in [0, 0.1) is 6.92 Å². The lowest BCUT2D eigenvalue weighted by Crippen LogP contribution is -2.35. The molecule has 1 aromatic heterocycles. The second kappa shape index (κ2) is 8.95. The molecule has 1 aromatic carbocycles. The number of halogens is 5. The van der Waals surface area contributed by atoms with Crippen LogP contribution >= 0.6 is 23.2 Å². The van der Waals surface area contributed by atoms with E-state index in [9.17, 15) is 23.1 Å². The molecule has 11 heteroatoms. The highest BCUT2D eigenvalue weighted by atomic mass is 35.5. The van der Waals surface area contributed by atoms with E-state index >= 15 is 0 Å². The lowest BCUT2D eigenvalue weighted by Gasteiger charge is -2.29. The van der Waals surface area contributed by atoms with Crippen molar-refractivity contribution in [1.82, 2.24) is 9.97 Å². The summed E-state index contributed by atoms with van der Waals surface area (Å²) in [4.78, 5) is 22.2. The van der Waals surface area contributed by atoms with Gasteiger partial charge in [0.1, 0.15) is 16.6 Å². The smallest absolute Gasteiger partial charge is 0.420 e. The highest BCUT2D eigenvalue weighted by Gasteiger charge is 2.34. The Morgan fingerprint density at radius 3 is 2.33 bits per heavy atom. The summed E-state index contributed by atoms with van der Waals surface area (Å²) >= 11 is 12.3. The molecule has 0 bridgehead atoms. The normalized spacial score (nSPS) is 12.1. The van der Waals surface area contributed by atoms with Gasteiger partial charge in [0.25, 0.3) is 0 Å². The lowest BCUT2D eigenvalue weighted by molar-refractivity contribution is -0.137. The molecule has 6 nitrogen and oxygen atoms in total. The third-order valence-corrected chi connectivity index (χ3v) is 4.33. The van der Waals surface area contributed by atoms with E-state index in [1.54, 1.807) is 20.8 Å². The van der Waals surface area contributed by atoms with Gasteiger partial charge in [0.15, 0.2) is 5.82 Å². The van der Waals surface area contributed by atoms with Crippen LogP contribution in [0.3, 0.4) is 0 Å². The zero-order chi connectivity index (χ0) is 22.9. The number of ether oxygens (including phenoxy) is 1. The predicted octanol–water partition coefficient (Wildman–Crippen LogP) is 5.72. The number of anilines is 2. The van der Waals surface area contributed by atoms with Gasteiger partial charge < -0.3 is 9.84 Å². The first-order chi connectivity index (χ1) is 13.7. The van der Waals surface area contributed by atoms with E-state index < -0.39 is 23.4 Å². The summed E-state index contributed by atoms with van der Waals surface area (Å²) in [7, 11) is 0. The molecule has 2 aromatic rings. The van der Waals surface area contributed by atoms with Gasteiger partial charge in [-0.25, -0.2) is 19.7 Å². The van der Waals surface area contributed by atoms with Crippen LogP contribution in [0.25, 0.3) is 0 Å². The third kappa shape index (κ3) is 5.74. The molecule has 0 spiro atoms. The van der Waals surface area contributed by atoms with Gasteiger partial charge in [-0.2, -0.15) is 13.2 Å². The van der Waals surface area contributed by atoms with Gasteiger partial charge >= 0.3 is 12.3 Å². The topological polar surface area (TPSA) is 75.6 Å². The molecule has 0 unspecified atom stereocenters. The zero-order valence-electron chi connectivity index (χ0n) is 16.6. The first kappa shape index (κ1) is 24.2. The molecular formula is C19H20Cl2F3N3O3. The number of rotatable bonds is 4. The number of nitrogens with zero attached hydrogens (tertiary/aromatic N) is 3. The fourth-order valence-corrected chi connectivity index (χ4v) is 3.10. The monoisotopic (exact) mass is 465 g/mol. The number of benzene rings is 1. The number of carbonyl (C=O) groups is 1. The van der Waals surface area contributed by atoms with E-state index in [1.807, 2.05) is 0 Å². The SMILES string of the molecule is Cc1nc(Cl)c(CCO)c(N(C(=O)OC(C)(C)C)c2ccc(C(F)(F)F)cc2Cl)n1. The number of amides is 1. The summed E-state index contributed by atoms with van der Waals surface area (Å²) in [6, 6.07) is 2.54. The Labute approximate surface area is 181 Å². The molecule has 0 fully saturated rings. The molecule has 164 valence electrons. The first-order valence-corrected chi connectivity index (χ1v) is 9.54. The van der Waals surface area contributed by atoms with Gasteiger partial charge in [-0.15, -0.1) is 0 Å². The predicted molar refractivity (Wildman–Crippen MR) is 107 cm³/mol. The minimum atomic E-state index is -4.62. The molecule has 0 aliphatic rings. The van der Waals surface area contributed by atoms with Crippen molar-refractivity contribution in [2.24, 2.45) is 0 Å². The maximum atomic E-state index is 13.0. The van der Waals surface area contributed by atoms with Crippen LogP contribution in [0.4, 0.5) is 29.5 Å². The summed E-state index contributed by atoms with van der Waals surface area (Å²) < 4.78 is 44.5. The molecule has 0 aliphatic heterocycles. The summed E-state index contributed by atoms with van der Waals surface area (Å²) in [6.45, 7) is 6.08. The van der Waals surface area contributed by atoms with Crippen LogP contribution < -0.4 is 4.90 Å². The van der Waals surface area contributed by atoms with E-state index in [4.69, 9.17) is 27.9 Å². The quantitative estimate of drug-likeness (QED) is 0.584. The Morgan fingerprint density at radius 2 is 1.83 bits per heavy atom. The van der Waals surface area contributed by atoms with Crippen LogP contribution in [0.15, 0.2) is 18.2 Å². The molecule has 0 saturated carbocycles. The number of aryl methyl sites for hydroxylation is 1. The lowest BCUT2D eigenvalue weighted by atomic mass is 10.1. The zero-order valence-corrected chi connectivity index (χ0v) is 18.2. The average molecular weight is 466 g/mol. The van der Waals surface area contributed by atoms with Gasteiger partial charge in [-0.1, -0.05) is 23.2 Å². The summed E-state index contributed by atoms with van der Waals surface area (Å²) in [6.07, 6.45) is -5.56. The number of aromatic nitrogens is 2. The molecule has 0 atom stereocenters. The van der Waals surface area contributed by atoms with Gasteiger partial charge in [0, 0.05) is 18.6 Å². The van der Waals surface area contributed by atoms with Crippen molar-refractivity contribution in [3.8, 4) is 0 Å². The van der Waals surface area contributed by atoms with Crippen molar-refractivity contribution in [2.75, 3.05) is 11.5 Å². The Balaban J connectivity index is 2.74. The number of carbonyl (C=O) groups excluding carboxylic acids is 1. The largest absolute Gasteiger partial charge is 0.443 e. The van der Waals surface area contributed by atoms with Crippen molar-refractivity contribution >= 4 is 40.8 Å². The second-order valence-corrected chi connectivity index (χ2v) is 8.08. The third-order valence-electron chi connectivity index (χ3n) is 3.71. The minimum absolute atomic E-state index is 0.00794. The molecule has 1 heterocycles. The molecular weight excluding hydrogens is 446 g/mol. The Bertz CT molecular complexity index is 947. The van der Waals surface area contributed by atoms with Gasteiger partial charge in [-0.3, -0.25) is 0 Å². The van der Waals surface area contributed by atoms with Crippen molar-refractivity contribution in [1.29, 1.82) is 0 Å². The standard InChI is InChI=1S/C19H20Cl2F3N3O3/c1-10-25-15(21)12(7-8-28)16(26-10)27(17(29)30-18(2,3)4)14-6-5-11(9-13(14)20)19(22,23)24/h5-6,9,28H,7-8H2,1-4H3. The highest BCUT2D eigenvalue weighted by Crippen LogP contribution is 2.39. The van der Waals surface area contributed by atoms with Crippen molar-refractivity contribution < 1.29 is 27.8 Å². The molecule has 1 amide bonds. The van der Waals surface area contributed by atoms with Crippen molar-refractivity contribution in [3.05, 3.63) is 45.3 Å². The van der Waals surface area contributed by atoms with E-state index in [-0.39, 0.29) is 46.1 Å². The number of alkyl halides is 3. The molecule has 0 aliphatic carbocycles. The fraction of sp³-hybridized carbons (Fsp3) is 0.421. The molecule has 30 heavy (non-hydrogen) atoms. The van der Waals surface area contributed by atoms with Crippen LogP contribution in [0.1, 0.15) is 37.7 Å². The first-order valence-electron chi connectivity index (χ1n) is 8.78. The van der Waals surface area contributed by atoms with Crippen molar-refractivity contribution in [3.63, 3.8) is 0 Å². The van der Waals surface area contributed by atoms with Crippen molar-refractivity contribution in [2.45, 2.75) is 45.9 Å². The highest BCUT2D eigenvalue weighted by molar-refractivity contribution is 6.34. The maximum Gasteiger partial charge on any atom is 0.420 e. The summed E-state index contributed by atoms with van der Waals surface area (Å²) in [5.74, 6) is 0.158. The second-order valence-electron chi connectivity index (χ2n) is 7.32. The molecule has 0 saturated heterocycles. The average Bonchev–Trinajstić information content (AvgIpc) is 2.57. The van der Waals surface area contributed by atoms with Gasteiger partial charge in [-0.05, 0) is 45.9 Å². The van der Waals surface area contributed by atoms with E-state index in [2.05, 4.69) is 9.97 Å². The number of hydrogen-bond donors (Lipinski definition) is 1. The fourth-order valence-electron chi connectivity index (χ4n) is 2.53. The van der Waals surface area contributed by atoms with Crippen LogP contribution in [0.2, 0.25) is 10.2 Å². The van der Waals surface area contributed by atoms with E-state index in [0.29, 0.717) is 6.07 Å². The van der Waals surface area contributed by atoms with Gasteiger partial charge in [0.2, 0.25) is 0 Å². The van der Waals surface area contributed by atoms with Crippen LogP contribution in [-0.2, 0) is 17.3 Å². The maximum absolute atomic E-state index is 13.0. The van der Waals surface area contributed by atoms with Gasteiger partial charge in [0.05, 0.1) is 16.3 Å². The summed E-state index contributed by atoms with van der Waals surface area (Å²) in [5.41, 5.74) is -1.77. The minimum Gasteiger partial charge on any atom is -0.443 e. The Hall–Kier alpha value is -2.10. The molecule has 1 N–H and O–H groups in total. The van der Waals surface area contributed by atoms with E-state index in [0.717, 1.165) is 17.0 Å². The molecule has 0 radical (unpaired) electrons. The number of aliphatic hydroxyl groups excluding tert-OH is 1. The number of aliphatic hydroxyl groups is 1. The number of hydrogen-bond acceptors (Lipinski definition) is 5.